The molecule has 0 saturated heterocycles. The van der Waals surface area contributed by atoms with E-state index >= 15 is 0 Å². The van der Waals surface area contributed by atoms with Crippen molar-refractivity contribution in [2.24, 2.45) is 5.84 Å². The summed E-state index contributed by atoms with van der Waals surface area (Å²) in [5, 5.41) is 0. The van der Waals surface area contributed by atoms with Gasteiger partial charge in [0, 0.05) is 6.54 Å². The first-order valence-corrected chi connectivity index (χ1v) is 4.16. The molecule has 0 radical (unpaired) electrons. The highest BCUT2D eigenvalue weighted by Crippen LogP contribution is 2.36. The van der Waals surface area contributed by atoms with Crippen LogP contribution in [0.2, 0.25) is 0 Å². The van der Waals surface area contributed by atoms with Gasteiger partial charge in [-0.1, -0.05) is 6.07 Å². The van der Waals surface area contributed by atoms with E-state index in [1.165, 1.54) is 19.2 Å². The van der Waals surface area contributed by atoms with Crippen LogP contribution in [0.25, 0.3) is 0 Å². The minimum atomic E-state index is -4.42. The Kier molecular flexibility index (Phi) is 3.54. The van der Waals surface area contributed by atoms with Crippen LogP contribution < -0.4 is 16.0 Å². The second kappa shape index (κ2) is 4.50. The van der Waals surface area contributed by atoms with Gasteiger partial charge in [-0.05, 0) is 17.7 Å². The van der Waals surface area contributed by atoms with Gasteiger partial charge in [-0.15, -0.1) is 0 Å². The summed E-state index contributed by atoms with van der Waals surface area (Å²) in [6.07, 6.45) is -4.42. The van der Waals surface area contributed by atoms with Gasteiger partial charge in [0.25, 0.3) is 0 Å². The molecule has 6 heteroatoms. The van der Waals surface area contributed by atoms with E-state index in [2.05, 4.69) is 10.2 Å². The van der Waals surface area contributed by atoms with Crippen LogP contribution in [-0.2, 0) is 12.7 Å². The Hall–Kier alpha value is -1.27. The number of halogens is 3. The fourth-order valence-electron chi connectivity index (χ4n) is 1.20. The van der Waals surface area contributed by atoms with E-state index in [-0.39, 0.29) is 12.3 Å². The fraction of sp³-hybridized carbons (Fsp3) is 0.333. The van der Waals surface area contributed by atoms with Crippen molar-refractivity contribution in [1.82, 2.24) is 5.43 Å². The monoisotopic (exact) mass is 220 g/mol. The number of nitrogens with two attached hydrogens (primary N) is 1. The molecule has 0 amide bonds. The molecule has 0 saturated carbocycles. The molecule has 1 aromatic rings. The lowest BCUT2D eigenvalue weighted by Crippen LogP contribution is -2.21. The van der Waals surface area contributed by atoms with Gasteiger partial charge in [0.15, 0.2) is 0 Å². The second-order valence-electron chi connectivity index (χ2n) is 2.91. The van der Waals surface area contributed by atoms with E-state index in [1.807, 2.05) is 0 Å². The van der Waals surface area contributed by atoms with E-state index in [1.54, 1.807) is 0 Å². The first-order valence-electron chi connectivity index (χ1n) is 4.16. The van der Waals surface area contributed by atoms with Gasteiger partial charge in [0.2, 0.25) is 0 Å². The highest BCUT2D eigenvalue weighted by molar-refractivity contribution is 5.39. The summed E-state index contributed by atoms with van der Waals surface area (Å²) in [4.78, 5) is 0. The largest absolute Gasteiger partial charge is 0.496 e. The summed E-state index contributed by atoms with van der Waals surface area (Å²) in [5.74, 6) is 4.84. The number of hydrogen-bond donors (Lipinski definition) is 2. The number of rotatable bonds is 3. The summed E-state index contributed by atoms with van der Waals surface area (Å²) in [7, 11) is 1.20. The standard InChI is InChI=1S/C9H11F3N2O/c1-15-8-3-2-6(5-14-13)4-7(8)9(10,11)12/h2-4,14H,5,13H2,1H3. The van der Waals surface area contributed by atoms with E-state index in [9.17, 15) is 13.2 Å². The van der Waals surface area contributed by atoms with Crippen molar-refractivity contribution in [2.45, 2.75) is 12.7 Å². The van der Waals surface area contributed by atoms with E-state index in [0.717, 1.165) is 6.07 Å². The third kappa shape index (κ3) is 2.84. The number of hydrazine groups is 1. The molecule has 3 nitrogen and oxygen atoms in total. The molecular weight excluding hydrogens is 209 g/mol. The summed E-state index contributed by atoms with van der Waals surface area (Å²) in [5.41, 5.74) is 1.95. The second-order valence-corrected chi connectivity index (χ2v) is 2.91. The molecule has 0 aliphatic heterocycles. The smallest absolute Gasteiger partial charge is 0.419 e. The van der Waals surface area contributed by atoms with Crippen LogP contribution in [0.4, 0.5) is 13.2 Å². The molecule has 0 atom stereocenters. The zero-order valence-corrected chi connectivity index (χ0v) is 8.06. The lowest BCUT2D eigenvalue weighted by atomic mass is 10.1. The first-order chi connectivity index (χ1) is 6.99. The molecule has 1 aromatic carbocycles. The van der Waals surface area contributed by atoms with Crippen molar-refractivity contribution in [2.75, 3.05) is 7.11 Å². The van der Waals surface area contributed by atoms with Crippen LogP contribution >= 0.6 is 0 Å². The maximum atomic E-state index is 12.5. The number of benzene rings is 1. The summed E-state index contributed by atoms with van der Waals surface area (Å²) in [6, 6.07) is 3.81. The molecule has 0 unspecified atom stereocenters. The molecule has 0 fully saturated rings. The molecule has 0 aromatic heterocycles. The molecule has 0 bridgehead atoms. The van der Waals surface area contributed by atoms with Gasteiger partial charge < -0.3 is 4.74 Å². The average molecular weight is 220 g/mol. The van der Waals surface area contributed by atoms with E-state index in [0.29, 0.717) is 5.56 Å². The van der Waals surface area contributed by atoms with Crippen molar-refractivity contribution in [3.05, 3.63) is 29.3 Å². The Bertz CT molecular complexity index is 339. The summed E-state index contributed by atoms with van der Waals surface area (Å²) >= 11 is 0. The Labute approximate surface area is 85.0 Å². The minimum Gasteiger partial charge on any atom is -0.496 e. The van der Waals surface area contributed by atoms with Crippen molar-refractivity contribution in [3.8, 4) is 5.75 Å². The Morgan fingerprint density at radius 3 is 2.53 bits per heavy atom. The number of methoxy groups -OCH3 is 1. The highest BCUT2D eigenvalue weighted by atomic mass is 19.4. The zero-order chi connectivity index (χ0) is 11.5. The molecule has 1 rings (SSSR count). The van der Waals surface area contributed by atoms with E-state index in [4.69, 9.17) is 5.84 Å². The molecule has 3 N–H and O–H groups in total. The fourth-order valence-corrected chi connectivity index (χ4v) is 1.20. The van der Waals surface area contributed by atoms with Crippen molar-refractivity contribution in [3.63, 3.8) is 0 Å². The van der Waals surface area contributed by atoms with Gasteiger partial charge in [-0.3, -0.25) is 11.3 Å². The van der Waals surface area contributed by atoms with Crippen LogP contribution in [0.1, 0.15) is 11.1 Å². The van der Waals surface area contributed by atoms with Crippen molar-refractivity contribution >= 4 is 0 Å². The SMILES string of the molecule is COc1ccc(CNN)cc1C(F)(F)F. The molecule has 0 aliphatic rings. The minimum absolute atomic E-state index is 0.174. The van der Waals surface area contributed by atoms with Crippen molar-refractivity contribution < 1.29 is 17.9 Å². The topological polar surface area (TPSA) is 47.3 Å². The maximum Gasteiger partial charge on any atom is 0.419 e. The maximum absolute atomic E-state index is 12.5. The lowest BCUT2D eigenvalue weighted by Gasteiger charge is -2.13. The lowest BCUT2D eigenvalue weighted by molar-refractivity contribution is -0.138. The molecule has 84 valence electrons. The van der Waals surface area contributed by atoms with Crippen LogP contribution in [0.3, 0.4) is 0 Å². The molecule has 0 aliphatic carbocycles. The summed E-state index contributed by atoms with van der Waals surface area (Å²) < 4.78 is 42.2. The van der Waals surface area contributed by atoms with Gasteiger partial charge in [0.1, 0.15) is 5.75 Å². The van der Waals surface area contributed by atoms with Crippen LogP contribution in [0.15, 0.2) is 18.2 Å². The zero-order valence-electron chi connectivity index (χ0n) is 8.06. The molecule has 0 heterocycles. The molecule has 15 heavy (non-hydrogen) atoms. The quantitative estimate of drug-likeness (QED) is 0.601. The van der Waals surface area contributed by atoms with Gasteiger partial charge in [0.05, 0.1) is 12.7 Å². The summed E-state index contributed by atoms with van der Waals surface area (Å²) in [6.45, 7) is 0.174. The third-order valence-corrected chi connectivity index (χ3v) is 1.88. The van der Waals surface area contributed by atoms with Crippen molar-refractivity contribution in [1.29, 1.82) is 0 Å². The van der Waals surface area contributed by atoms with Crippen LogP contribution in [0, 0.1) is 0 Å². The highest BCUT2D eigenvalue weighted by Gasteiger charge is 2.34. The van der Waals surface area contributed by atoms with Gasteiger partial charge >= 0.3 is 6.18 Å². The van der Waals surface area contributed by atoms with Crippen LogP contribution in [0.5, 0.6) is 5.75 Å². The third-order valence-electron chi connectivity index (χ3n) is 1.88. The normalized spacial score (nSPS) is 11.5. The number of nitrogens with one attached hydrogen (secondary N) is 1. The van der Waals surface area contributed by atoms with Gasteiger partial charge in [-0.25, -0.2) is 0 Å². The number of ether oxygens (including phenoxy) is 1. The average Bonchev–Trinajstić information content (AvgIpc) is 2.17. The predicted molar refractivity (Wildman–Crippen MR) is 49.0 cm³/mol. The molecule has 0 spiro atoms. The Morgan fingerprint density at radius 2 is 2.07 bits per heavy atom. The number of alkyl halides is 3. The van der Waals surface area contributed by atoms with Crippen LogP contribution in [-0.4, -0.2) is 7.11 Å². The van der Waals surface area contributed by atoms with E-state index < -0.39 is 11.7 Å². The number of hydrogen-bond acceptors (Lipinski definition) is 3. The predicted octanol–water partition coefficient (Wildman–Crippen LogP) is 1.68. The van der Waals surface area contributed by atoms with Gasteiger partial charge in [-0.2, -0.15) is 13.2 Å². The Balaban J connectivity index is 3.13. The molecular formula is C9H11F3N2O. The Morgan fingerprint density at radius 1 is 1.40 bits per heavy atom. The first kappa shape index (κ1) is 11.8.